The Bertz CT molecular complexity index is 477. The Morgan fingerprint density at radius 1 is 1.42 bits per heavy atom. The number of carboxylic acid groups (broad SMARTS) is 1. The summed E-state index contributed by atoms with van der Waals surface area (Å²) >= 11 is 3.34. The van der Waals surface area contributed by atoms with E-state index in [1.807, 2.05) is 26.0 Å². The topological polar surface area (TPSA) is 78.4 Å². The fourth-order valence-corrected chi connectivity index (χ4v) is 2.11. The lowest BCUT2D eigenvalue weighted by Crippen LogP contribution is -2.42. The number of amides is 2. The maximum atomic E-state index is 11.7. The molecule has 6 heteroatoms. The molecule has 1 rings (SSSR count). The molecule has 0 aromatic heterocycles. The third kappa shape index (κ3) is 4.90. The summed E-state index contributed by atoms with van der Waals surface area (Å²) < 4.78 is 0.922. The van der Waals surface area contributed by atoms with E-state index in [1.165, 1.54) is 0 Å². The highest BCUT2D eigenvalue weighted by Crippen LogP contribution is 2.19. The predicted octanol–water partition coefficient (Wildman–Crippen LogP) is 3.13. The summed E-state index contributed by atoms with van der Waals surface area (Å²) in [6.45, 7) is 3.73. The number of carboxylic acids is 1. The van der Waals surface area contributed by atoms with Crippen molar-refractivity contribution in [2.45, 2.75) is 32.7 Å². The Morgan fingerprint density at radius 3 is 2.63 bits per heavy atom. The molecular formula is C13H17BrN2O3. The molecule has 0 aliphatic heterocycles. The van der Waals surface area contributed by atoms with Gasteiger partial charge in [-0.15, -0.1) is 0 Å². The molecule has 0 radical (unpaired) electrons. The molecule has 19 heavy (non-hydrogen) atoms. The minimum Gasteiger partial charge on any atom is -0.480 e. The molecule has 1 atom stereocenters. The minimum atomic E-state index is -1.02. The summed E-state index contributed by atoms with van der Waals surface area (Å²) in [5.74, 6) is -1.02. The molecule has 1 aromatic carbocycles. The van der Waals surface area contributed by atoms with Crippen LogP contribution in [0.15, 0.2) is 22.7 Å². The van der Waals surface area contributed by atoms with Gasteiger partial charge in [0.15, 0.2) is 0 Å². The van der Waals surface area contributed by atoms with Gasteiger partial charge in [0.2, 0.25) is 0 Å². The van der Waals surface area contributed by atoms with E-state index in [-0.39, 0.29) is 0 Å². The Balaban J connectivity index is 2.66. The number of carbonyl (C=O) groups is 2. The zero-order chi connectivity index (χ0) is 14.4. The van der Waals surface area contributed by atoms with Crippen LogP contribution in [0.1, 0.15) is 25.3 Å². The normalized spacial score (nSPS) is 11.7. The Kier molecular flexibility index (Phi) is 5.82. The zero-order valence-corrected chi connectivity index (χ0v) is 12.5. The molecule has 0 saturated heterocycles. The van der Waals surface area contributed by atoms with Crippen molar-refractivity contribution in [1.82, 2.24) is 5.32 Å². The quantitative estimate of drug-likeness (QED) is 0.776. The standard InChI is InChI=1S/C13H17BrN2O3/c1-3-4-11(12(17)18)16-13(19)15-10-6-5-9(14)7-8(10)2/h5-7,11H,3-4H2,1-2H3,(H,17,18)(H2,15,16,19). The molecule has 0 heterocycles. The van der Waals surface area contributed by atoms with Crippen molar-refractivity contribution in [1.29, 1.82) is 0 Å². The highest BCUT2D eigenvalue weighted by atomic mass is 79.9. The molecule has 104 valence electrons. The van der Waals surface area contributed by atoms with Gasteiger partial charge >= 0.3 is 12.0 Å². The molecule has 1 unspecified atom stereocenters. The van der Waals surface area contributed by atoms with Crippen LogP contribution < -0.4 is 10.6 Å². The fourth-order valence-electron chi connectivity index (χ4n) is 1.63. The minimum absolute atomic E-state index is 0.405. The first-order chi connectivity index (χ1) is 8.93. The van der Waals surface area contributed by atoms with E-state index in [1.54, 1.807) is 6.07 Å². The van der Waals surface area contributed by atoms with Crippen LogP contribution in [0.25, 0.3) is 0 Å². The largest absolute Gasteiger partial charge is 0.480 e. The predicted molar refractivity (Wildman–Crippen MR) is 77.4 cm³/mol. The number of aryl methyl sites for hydroxylation is 1. The van der Waals surface area contributed by atoms with Crippen LogP contribution in [0.4, 0.5) is 10.5 Å². The highest BCUT2D eigenvalue weighted by Gasteiger charge is 2.18. The number of benzene rings is 1. The van der Waals surface area contributed by atoms with Gasteiger partial charge in [-0.3, -0.25) is 0 Å². The van der Waals surface area contributed by atoms with Crippen molar-refractivity contribution in [2.24, 2.45) is 0 Å². The number of rotatable bonds is 5. The molecule has 3 N–H and O–H groups in total. The number of halogens is 1. The van der Waals surface area contributed by atoms with Crippen molar-refractivity contribution >= 4 is 33.6 Å². The number of urea groups is 1. The molecule has 1 aromatic rings. The number of carbonyl (C=O) groups excluding carboxylic acids is 1. The van der Waals surface area contributed by atoms with Crippen molar-refractivity contribution in [3.63, 3.8) is 0 Å². The third-order valence-electron chi connectivity index (χ3n) is 2.62. The monoisotopic (exact) mass is 328 g/mol. The van der Waals surface area contributed by atoms with E-state index >= 15 is 0 Å². The first-order valence-electron chi connectivity index (χ1n) is 6.00. The molecule has 5 nitrogen and oxygen atoms in total. The molecule has 0 aliphatic rings. The van der Waals surface area contributed by atoms with Gasteiger partial charge < -0.3 is 15.7 Å². The lowest BCUT2D eigenvalue weighted by Gasteiger charge is -2.15. The number of nitrogens with one attached hydrogen (secondary N) is 2. The van der Waals surface area contributed by atoms with Gasteiger partial charge in [0.1, 0.15) is 6.04 Å². The lowest BCUT2D eigenvalue weighted by atomic mass is 10.2. The average molecular weight is 329 g/mol. The van der Waals surface area contributed by atoms with Crippen molar-refractivity contribution in [3.05, 3.63) is 28.2 Å². The Hall–Kier alpha value is -1.56. The van der Waals surface area contributed by atoms with Crippen LogP contribution >= 0.6 is 15.9 Å². The zero-order valence-electron chi connectivity index (χ0n) is 10.9. The number of hydrogen-bond acceptors (Lipinski definition) is 2. The molecule has 2 amide bonds. The summed E-state index contributed by atoms with van der Waals surface area (Å²) in [5.41, 5.74) is 1.55. The van der Waals surface area contributed by atoms with E-state index in [0.29, 0.717) is 18.5 Å². The van der Waals surface area contributed by atoms with E-state index in [4.69, 9.17) is 5.11 Å². The van der Waals surface area contributed by atoms with Crippen LogP contribution in [0.2, 0.25) is 0 Å². The number of anilines is 1. The molecule has 0 fully saturated rings. The summed E-state index contributed by atoms with van der Waals surface area (Å²) in [6.07, 6.45) is 1.09. The van der Waals surface area contributed by atoms with Gasteiger partial charge in [0.25, 0.3) is 0 Å². The summed E-state index contributed by atoms with van der Waals surface area (Å²) in [6, 6.07) is 4.07. The number of aliphatic carboxylic acids is 1. The Labute approximate surface area is 120 Å². The van der Waals surface area contributed by atoms with E-state index < -0.39 is 18.0 Å². The smallest absolute Gasteiger partial charge is 0.326 e. The molecule has 0 spiro atoms. The maximum absolute atomic E-state index is 11.7. The van der Waals surface area contributed by atoms with Gasteiger partial charge in [0.05, 0.1) is 0 Å². The second-order valence-corrected chi connectivity index (χ2v) is 5.15. The van der Waals surface area contributed by atoms with Gasteiger partial charge in [-0.2, -0.15) is 0 Å². The SMILES string of the molecule is CCCC(NC(=O)Nc1ccc(Br)cc1C)C(=O)O. The third-order valence-corrected chi connectivity index (χ3v) is 3.11. The van der Waals surface area contributed by atoms with E-state index in [9.17, 15) is 9.59 Å². The van der Waals surface area contributed by atoms with Crippen LogP contribution in [-0.2, 0) is 4.79 Å². The fraction of sp³-hybridized carbons (Fsp3) is 0.385. The van der Waals surface area contributed by atoms with Crippen molar-refractivity contribution in [3.8, 4) is 0 Å². The molecular weight excluding hydrogens is 312 g/mol. The lowest BCUT2D eigenvalue weighted by molar-refractivity contribution is -0.139. The second-order valence-electron chi connectivity index (χ2n) is 4.24. The summed E-state index contributed by atoms with van der Waals surface area (Å²) in [4.78, 5) is 22.7. The Morgan fingerprint density at radius 2 is 2.11 bits per heavy atom. The second kappa shape index (κ2) is 7.13. The van der Waals surface area contributed by atoms with E-state index in [2.05, 4.69) is 26.6 Å². The first-order valence-corrected chi connectivity index (χ1v) is 6.79. The van der Waals surface area contributed by atoms with Crippen molar-refractivity contribution in [2.75, 3.05) is 5.32 Å². The first kappa shape index (κ1) is 15.5. The number of hydrogen-bond donors (Lipinski definition) is 3. The molecule has 0 bridgehead atoms. The van der Waals surface area contributed by atoms with E-state index in [0.717, 1.165) is 10.0 Å². The van der Waals surface area contributed by atoms with Crippen LogP contribution in [0.5, 0.6) is 0 Å². The van der Waals surface area contributed by atoms with Gasteiger partial charge in [-0.05, 0) is 37.1 Å². The van der Waals surface area contributed by atoms with Crippen LogP contribution in [0.3, 0.4) is 0 Å². The maximum Gasteiger partial charge on any atom is 0.326 e. The molecule has 0 aliphatic carbocycles. The summed E-state index contributed by atoms with van der Waals surface area (Å²) in [5, 5.41) is 14.1. The van der Waals surface area contributed by atoms with Crippen LogP contribution in [-0.4, -0.2) is 23.1 Å². The molecule has 0 saturated carbocycles. The van der Waals surface area contributed by atoms with Gasteiger partial charge in [0, 0.05) is 10.2 Å². The van der Waals surface area contributed by atoms with Crippen LogP contribution in [0, 0.1) is 6.92 Å². The van der Waals surface area contributed by atoms with Gasteiger partial charge in [-0.25, -0.2) is 9.59 Å². The highest BCUT2D eigenvalue weighted by molar-refractivity contribution is 9.10. The summed E-state index contributed by atoms with van der Waals surface area (Å²) in [7, 11) is 0. The average Bonchev–Trinajstić information content (AvgIpc) is 2.32. The van der Waals surface area contributed by atoms with Crippen molar-refractivity contribution < 1.29 is 14.7 Å². The van der Waals surface area contributed by atoms with Gasteiger partial charge in [-0.1, -0.05) is 29.3 Å².